The molecule has 0 heterocycles. The van der Waals surface area contributed by atoms with E-state index in [1.165, 1.54) is 0 Å². The minimum absolute atomic E-state index is 0.134. The molecule has 0 aliphatic rings. The lowest BCUT2D eigenvalue weighted by molar-refractivity contribution is 0.0194. The maximum absolute atomic E-state index is 12.1. The van der Waals surface area contributed by atoms with Crippen LogP contribution in [-0.4, -0.2) is 54.4 Å². The molecular formula is C16H35N3O2. The normalized spacial score (nSPS) is 12.6. The molecule has 21 heavy (non-hydrogen) atoms. The van der Waals surface area contributed by atoms with Gasteiger partial charge in [-0.1, -0.05) is 0 Å². The zero-order valence-electron chi connectivity index (χ0n) is 15.2. The van der Waals surface area contributed by atoms with Gasteiger partial charge in [-0.2, -0.15) is 0 Å². The molecule has 1 amide bonds. The van der Waals surface area contributed by atoms with Crippen molar-refractivity contribution < 1.29 is 9.53 Å². The highest BCUT2D eigenvalue weighted by Gasteiger charge is 2.23. The predicted molar refractivity (Wildman–Crippen MR) is 88.7 cm³/mol. The van der Waals surface area contributed by atoms with Gasteiger partial charge in [-0.05, 0) is 55.4 Å². The fourth-order valence-electron chi connectivity index (χ4n) is 1.73. The Bertz CT molecular complexity index is 304. The van der Waals surface area contributed by atoms with Crippen molar-refractivity contribution in [3.05, 3.63) is 0 Å². The van der Waals surface area contributed by atoms with E-state index >= 15 is 0 Å². The van der Waals surface area contributed by atoms with Crippen LogP contribution in [0.4, 0.5) is 4.79 Å². The third-order valence-electron chi connectivity index (χ3n) is 2.74. The number of nitrogens with zero attached hydrogens (tertiary/aromatic N) is 1. The van der Waals surface area contributed by atoms with Crippen LogP contribution in [0.3, 0.4) is 0 Å². The van der Waals surface area contributed by atoms with Crippen molar-refractivity contribution in [1.29, 1.82) is 0 Å². The van der Waals surface area contributed by atoms with Gasteiger partial charge >= 0.3 is 6.09 Å². The van der Waals surface area contributed by atoms with Crippen LogP contribution >= 0.6 is 0 Å². The summed E-state index contributed by atoms with van der Waals surface area (Å²) in [5.74, 6) is 0. The zero-order chi connectivity index (χ0) is 16.7. The first-order valence-corrected chi connectivity index (χ1v) is 7.88. The molecule has 0 aromatic heterocycles. The molecule has 5 heteroatoms. The standard InChI is InChI=1S/C16H35N3O2/c1-13(2)19(14(20)21-16(6,7)8)12-11-17-9-10-18-15(3,4)5/h13,17-18H,9-12H2,1-8H3. The van der Waals surface area contributed by atoms with Crippen LogP contribution in [0.25, 0.3) is 0 Å². The molecule has 0 rings (SSSR count). The van der Waals surface area contributed by atoms with E-state index in [0.29, 0.717) is 6.54 Å². The summed E-state index contributed by atoms with van der Waals surface area (Å²) < 4.78 is 5.43. The number of carbonyl (C=O) groups excluding carboxylic acids is 1. The number of ether oxygens (including phenoxy) is 1. The number of amides is 1. The highest BCUT2D eigenvalue weighted by atomic mass is 16.6. The van der Waals surface area contributed by atoms with Crippen molar-refractivity contribution in [3.8, 4) is 0 Å². The van der Waals surface area contributed by atoms with Crippen LogP contribution in [0.15, 0.2) is 0 Å². The smallest absolute Gasteiger partial charge is 0.410 e. The van der Waals surface area contributed by atoms with Gasteiger partial charge in [-0.15, -0.1) is 0 Å². The number of nitrogens with one attached hydrogen (secondary N) is 2. The van der Waals surface area contributed by atoms with E-state index in [1.807, 2.05) is 34.6 Å². The summed E-state index contributed by atoms with van der Waals surface area (Å²) in [6, 6.07) is 0.134. The van der Waals surface area contributed by atoms with E-state index in [-0.39, 0.29) is 17.7 Å². The lowest BCUT2D eigenvalue weighted by Crippen LogP contribution is -2.45. The Hall–Kier alpha value is -0.810. The molecule has 0 spiro atoms. The van der Waals surface area contributed by atoms with E-state index in [2.05, 4.69) is 31.4 Å². The Morgan fingerprint density at radius 1 is 1.05 bits per heavy atom. The van der Waals surface area contributed by atoms with Gasteiger partial charge in [0.2, 0.25) is 0 Å². The maximum Gasteiger partial charge on any atom is 0.410 e. The van der Waals surface area contributed by atoms with Gasteiger partial charge in [0.15, 0.2) is 0 Å². The molecule has 5 nitrogen and oxygen atoms in total. The quantitative estimate of drug-likeness (QED) is 0.710. The Balaban J connectivity index is 4.04. The SMILES string of the molecule is CC(C)N(CCNCCNC(C)(C)C)C(=O)OC(C)(C)C. The molecule has 0 unspecified atom stereocenters. The van der Waals surface area contributed by atoms with Gasteiger partial charge < -0.3 is 20.3 Å². The molecule has 2 N–H and O–H groups in total. The van der Waals surface area contributed by atoms with E-state index in [4.69, 9.17) is 4.74 Å². The Kier molecular flexibility index (Phi) is 8.26. The summed E-state index contributed by atoms with van der Waals surface area (Å²) in [5.41, 5.74) is -0.309. The van der Waals surface area contributed by atoms with Crippen LogP contribution in [0.2, 0.25) is 0 Å². The first-order valence-electron chi connectivity index (χ1n) is 7.88. The molecule has 0 aliphatic carbocycles. The average Bonchev–Trinajstić information content (AvgIpc) is 2.22. The summed E-state index contributed by atoms with van der Waals surface area (Å²) >= 11 is 0. The summed E-state index contributed by atoms with van der Waals surface area (Å²) in [7, 11) is 0. The van der Waals surface area contributed by atoms with Gasteiger partial charge in [-0.3, -0.25) is 0 Å². The molecule has 0 radical (unpaired) electrons. The van der Waals surface area contributed by atoms with Gasteiger partial charge in [0.1, 0.15) is 5.60 Å². The fourth-order valence-corrected chi connectivity index (χ4v) is 1.73. The highest BCUT2D eigenvalue weighted by Crippen LogP contribution is 2.11. The molecule has 0 aromatic rings. The molecule has 0 saturated heterocycles. The summed E-state index contributed by atoms with van der Waals surface area (Å²) in [6.45, 7) is 19.3. The molecule has 0 bridgehead atoms. The Morgan fingerprint density at radius 2 is 1.62 bits per heavy atom. The van der Waals surface area contributed by atoms with Crippen LogP contribution in [0, 0.1) is 0 Å². The largest absolute Gasteiger partial charge is 0.444 e. The van der Waals surface area contributed by atoms with E-state index in [9.17, 15) is 4.79 Å². The van der Waals surface area contributed by atoms with Crippen molar-refractivity contribution in [2.45, 2.75) is 72.6 Å². The van der Waals surface area contributed by atoms with E-state index in [1.54, 1.807) is 4.90 Å². The number of hydrogen-bond donors (Lipinski definition) is 2. The van der Waals surface area contributed by atoms with E-state index in [0.717, 1.165) is 19.6 Å². The van der Waals surface area contributed by atoms with Crippen LogP contribution in [0.5, 0.6) is 0 Å². The van der Waals surface area contributed by atoms with Gasteiger partial charge in [0, 0.05) is 37.8 Å². The van der Waals surface area contributed by atoms with Crippen LogP contribution in [-0.2, 0) is 4.74 Å². The van der Waals surface area contributed by atoms with Crippen molar-refractivity contribution in [3.63, 3.8) is 0 Å². The lowest BCUT2D eigenvalue weighted by Gasteiger charge is -2.30. The second kappa shape index (κ2) is 8.59. The van der Waals surface area contributed by atoms with E-state index < -0.39 is 5.60 Å². The average molecular weight is 301 g/mol. The maximum atomic E-state index is 12.1. The van der Waals surface area contributed by atoms with Gasteiger partial charge in [0.05, 0.1) is 0 Å². The molecule has 0 aromatic carbocycles. The first-order chi connectivity index (χ1) is 9.42. The van der Waals surface area contributed by atoms with Crippen LogP contribution in [0.1, 0.15) is 55.4 Å². The molecule has 0 saturated carbocycles. The third-order valence-corrected chi connectivity index (χ3v) is 2.74. The zero-order valence-corrected chi connectivity index (χ0v) is 15.2. The summed E-state index contributed by atoms with van der Waals surface area (Å²) in [5, 5.41) is 6.77. The fraction of sp³-hybridized carbons (Fsp3) is 0.938. The second-order valence-electron chi connectivity index (χ2n) is 7.69. The molecule has 126 valence electrons. The topological polar surface area (TPSA) is 53.6 Å². The van der Waals surface area contributed by atoms with Gasteiger partial charge in [0.25, 0.3) is 0 Å². The van der Waals surface area contributed by atoms with Crippen molar-refractivity contribution >= 4 is 6.09 Å². The Morgan fingerprint density at radius 3 is 2.05 bits per heavy atom. The molecular weight excluding hydrogens is 266 g/mol. The monoisotopic (exact) mass is 301 g/mol. The number of rotatable bonds is 7. The predicted octanol–water partition coefficient (Wildman–Crippen LogP) is 2.61. The number of hydrogen-bond acceptors (Lipinski definition) is 4. The van der Waals surface area contributed by atoms with Crippen molar-refractivity contribution in [2.75, 3.05) is 26.2 Å². The summed E-state index contributed by atoms with van der Waals surface area (Å²) in [4.78, 5) is 13.9. The number of carbonyl (C=O) groups is 1. The Labute approximate surface area is 130 Å². The first kappa shape index (κ1) is 20.2. The minimum atomic E-state index is -0.450. The third kappa shape index (κ3) is 11.5. The van der Waals surface area contributed by atoms with Gasteiger partial charge in [-0.25, -0.2) is 4.79 Å². The van der Waals surface area contributed by atoms with Crippen molar-refractivity contribution in [2.24, 2.45) is 0 Å². The second-order valence-corrected chi connectivity index (χ2v) is 7.69. The highest BCUT2D eigenvalue weighted by molar-refractivity contribution is 5.68. The lowest BCUT2D eigenvalue weighted by atomic mass is 10.1. The summed E-state index contributed by atoms with van der Waals surface area (Å²) in [6.07, 6.45) is -0.243. The molecule has 0 aliphatic heterocycles. The molecule has 0 fully saturated rings. The van der Waals surface area contributed by atoms with Crippen molar-refractivity contribution in [1.82, 2.24) is 15.5 Å². The minimum Gasteiger partial charge on any atom is -0.444 e. The molecule has 0 atom stereocenters. The van der Waals surface area contributed by atoms with Crippen LogP contribution < -0.4 is 10.6 Å².